The molecule has 140 valence electrons. The highest BCUT2D eigenvalue weighted by atomic mass is 32.1. The molecule has 0 aliphatic carbocycles. The molecule has 0 atom stereocenters. The van der Waals surface area contributed by atoms with E-state index in [-0.39, 0.29) is 11.8 Å². The van der Waals surface area contributed by atoms with Crippen molar-refractivity contribution in [3.8, 4) is 10.7 Å². The highest BCUT2D eigenvalue weighted by Crippen LogP contribution is 2.29. The molecule has 27 heavy (non-hydrogen) atoms. The summed E-state index contributed by atoms with van der Waals surface area (Å²) in [7, 11) is 0. The van der Waals surface area contributed by atoms with Crippen LogP contribution in [-0.2, 0) is 6.42 Å². The smallest absolute Gasteiger partial charge is 0.267 e. The van der Waals surface area contributed by atoms with Gasteiger partial charge in [-0.3, -0.25) is 4.79 Å². The van der Waals surface area contributed by atoms with Crippen molar-refractivity contribution >= 4 is 28.8 Å². The first-order chi connectivity index (χ1) is 13.2. The van der Waals surface area contributed by atoms with E-state index in [0.717, 1.165) is 47.2 Å². The summed E-state index contributed by atoms with van der Waals surface area (Å²) in [6.45, 7) is 5.39. The molecule has 0 saturated carbocycles. The highest BCUT2D eigenvalue weighted by Gasteiger charge is 2.28. The van der Waals surface area contributed by atoms with Crippen LogP contribution in [0.5, 0.6) is 0 Å². The van der Waals surface area contributed by atoms with E-state index in [0.29, 0.717) is 18.0 Å². The first kappa shape index (κ1) is 18.1. The van der Waals surface area contributed by atoms with Crippen molar-refractivity contribution in [1.82, 2.24) is 29.4 Å². The number of nitrogens with zero attached hydrogens (tertiary/aromatic N) is 6. The number of aryl methyl sites for hydroxylation is 2. The number of aromatic nitrogens is 5. The maximum absolute atomic E-state index is 12.8. The van der Waals surface area contributed by atoms with Crippen molar-refractivity contribution < 1.29 is 4.79 Å². The van der Waals surface area contributed by atoms with Gasteiger partial charge in [-0.05, 0) is 43.8 Å². The molecule has 1 fully saturated rings. The Labute approximate surface area is 165 Å². The Morgan fingerprint density at radius 3 is 2.81 bits per heavy atom. The van der Waals surface area contributed by atoms with Gasteiger partial charge in [0.2, 0.25) is 0 Å². The van der Waals surface area contributed by atoms with Gasteiger partial charge in [0.05, 0.1) is 5.69 Å². The molecule has 1 amide bonds. The zero-order valence-corrected chi connectivity index (χ0v) is 16.9. The van der Waals surface area contributed by atoms with Gasteiger partial charge in [-0.15, -0.1) is 16.4 Å². The third kappa shape index (κ3) is 3.74. The lowest BCUT2D eigenvalue weighted by Gasteiger charge is -2.31. The first-order valence-electron chi connectivity index (χ1n) is 9.01. The van der Waals surface area contributed by atoms with Gasteiger partial charge in [-0.2, -0.15) is 0 Å². The predicted molar refractivity (Wildman–Crippen MR) is 105 cm³/mol. The van der Waals surface area contributed by atoms with Crippen molar-refractivity contribution in [2.45, 2.75) is 39.0 Å². The summed E-state index contributed by atoms with van der Waals surface area (Å²) in [5.41, 5.74) is 2.63. The van der Waals surface area contributed by atoms with Crippen LogP contribution in [0.4, 0.5) is 0 Å². The van der Waals surface area contributed by atoms with Crippen molar-refractivity contribution in [3.63, 3.8) is 0 Å². The van der Waals surface area contributed by atoms with E-state index in [1.54, 1.807) is 17.5 Å². The molecule has 4 heterocycles. The predicted octanol–water partition coefficient (Wildman–Crippen LogP) is 3.34. The van der Waals surface area contributed by atoms with E-state index < -0.39 is 0 Å². The minimum absolute atomic E-state index is 0.0499. The molecule has 0 N–H and O–H groups in total. The van der Waals surface area contributed by atoms with Gasteiger partial charge in [-0.1, -0.05) is 11.4 Å². The van der Waals surface area contributed by atoms with Gasteiger partial charge < -0.3 is 4.90 Å². The Morgan fingerprint density at radius 2 is 2.11 bits per heavy atom. The number of amides is 1. The van der Waals surface area contributed by atoms with Gasteiger partial charge in [0.1, 0.15) is 21.4 Å². The van der Waals surface area contributed by atoms with Gasteiger partial charge in [-0.25, -0.2) is 15.0 Å². The van der Waals surface area contributed by atoms with Crippen molar-refractivity contribution in [1.29, 1.82) is 0 Å². The molecule has 0 aromatic carbocycles. The molecule has 7 nitrogen and oxygen atoms in total. The summed E-state index contributed by atoms with van der Waals surface area (Å²) in [6, 6.07) is 1.98. The Kier molecular flexibility index (Phi) is 5.22. The minimum Gasteiger partial charge on any atom is -0.338 e. The Morgan fingerprint density at radius 1 is 1.30 bits per heavy atom. The lowest BCUT2D eigenvalue weighted by atomic mass is 9.95. The lowest BCUT2D eigenvalue weighted by molar-refractivity contribution is 0.0714. The average molecular weight is 401 g/mol. The highest BCUT2D eigenvalue weighted by molar-refractivity contribution is 7.13. The Hall–Kier alpha value is -2.26. The number of hydrogen-bond donors (Lipinski definition) is 0. The van der Waals surface area contributed by atoms with Crippen LogP contribution < -0.4 is 0 Å². The molecule has 9 heteroatoms. The van der Waals surface area contributed by atoms with Crippen LogP contribution in [0.2, 0.25) is 0 Å². The Bertz CT molecular complexity index is 931. The van der Waals surface area contributed by atoms with Crippen LogP contribution in [0.15, 0.2) is 17.6 Å². The molecule has 0 radical (unpaired) electrons. The quantitative estimate of drug-likeness (QED) is 0.668. The number of hydrogen-bond acceptors (Lipinski definition) is 8. The van der Waals surface area contributed by atoms with E-state index in [1.165, 1.54) is 11.5 Å². The topological polar surface area (TPSA) is 84.8 Å². The summed E-state index contributed by atoms with van der Waals surface area (Å²) >= 11 is 2.77. The minimum atomic E-state index is 0.0499. The average Bonchev–Trinajstić information content (AvgIpc) is 3.38. The van der Waals surface area contributed by atoms with Crippen LogP contribution >= 0.6 is 22.9 Å². The van der Waals surface area contributed by atoms with Crippen molar-refractivity contribution in [2.24, 2.45) is 0 Å². The second kappa shape index (κ2) is 7.77. The summed E-state index contributed by atoms with van der Waals surface area (Å²) < 4.78 is 3.93. The van der Waals surface area contributed by atoms with Crippen LogP contribution in [0.3, 0.4) is 0 Å². The van der Waals surface area contributed by atoms with E-state index in [4.69, 9.17) is 4.98 Å². The molecule has 4 rings (SSSR count). The molecule has 3 aromatic rings. The second-order valence-electron chi connectivity index (χ2n) is 6.56. The number of thiazole rings is 1. The second-order valence-corrected chi connectivity index (χ2v) is 8.21. The fourth-order valence-electron chi connectivity index (χ4n) is 3.32. The summed E-state index contributed by atoms with van der Waals surface area (Å²) in [4.78, 5) is 29.1. The third-order valence-corrected chi connectivity index (χ3v) is 6.31. The van der Waals surface area contributed by atoms with Crippen LogP contribution in [0.1, 0.15) is 52.6 Å². The molecule has 0 bridgehead atoms. The molecule has 1 saturated heterocycles. The summed E-state index contributed by atoms with van der Waals surface area (Å²) in [5.74, 6) is 1.17. The normalized spacial score (nSPS) is 15.3. The van der Waals surface area contributed by atoms with Crippen molar-refractivity contribution in [3.05, 3.63) is 39.7 Å². The standard InChI is InChI=1S/C18H20N6OS2/c1-3-13-15(27-23-22-13)18(25)24-7-4-12(5-8-24)16-20-11(2)10-14(21-16)17-19-6-9-26-17/h6,9-10,12H,3-5,7-8H2,1-2H3. The van der Waals surface area contributed by atoms with Crippen molar-refractivity contribution in [2.75, 3.05) is 13.1 Å². The molecular formula is C18H20N6OS2. The number of piperidine rings is 1. The van der Waals surface area contributed by atoms with Crippen LogP contribution in [0.25, 0.3) is 10.7 Å². The summed E-state index contributed by atoms with van der Waals surface area (Å²) in [6.07, 6.45) is 4.24. The zero-order valence-electron chi connectivity index (χ0n) is 15.3. The third-order valence-electron chi connectivity index (χ3n) is 4.76. The van der Waals surface area contributed by atoms with Gasteiger partial charge in [0.25, 0.3) is 5.91 Å². The number of likely N-dealkylation sites (tertiary alicyclic amines) is 1. The van der Waals surface area contributed by atoms with Crippen LogP contribution in [-0.4, -0.2) is 48.4 Å². The molecule has 0 unspecified atom stereocenters. The fraction of sp³-hybridized carbons (Fsp3) is 0.444. The lowest BCUT2D eigenvalue weighted by Crippen LogP contribution is -2.38. The van der Waals surface area contributed by atoms with E-state index >= 15 is 0 Å². The molecule has 0 spiro atoms. The Balaban J connectivity index is 1.47. The first-order valence-corrected chi connectivity index (χ1v) is 10.7. The number of carbonyl (C=O) groups is 1. The van der Waals surface area contributed by atoms with E-state index in [9.17, 15) is 4.79 Å². The maximum atomic E-state index is 12.8. The maximum Gasteiger partial charge on any atom is 0.267 e. The monoisotopic (exact) mass is 400 g/mol. The van der Waals surface area contributed by atoms with E-state index in [1.807, 2.05) is 30.2 Å². The van der Waals surface area contributed by atoms with Crippen LogP contribution in [0, 0.1) is 6.92 Å². The van der Waals surface area contributed by atoms with Gasteiger partial charge >= 0.3 is 0 Å². The zero-order chi connectivity index (χ0) is 18.8. The molecule has 1 aliphatic heterocycles. The molecule has 3 aromatic heterocycles. The SMILES string of the molecule is CCc1nnsc1C(=O)N1CCC(c2nc(C)cc(-c3nccs3)n2)CC1. The van der Waals surface area contributed by atoms with Gasteiger partial charge in [0, 0.05) is 36.3 Å². The molecule has 1 aliphatic rings. The van der Waals surface area contributed by atoms with E-state index in [2.05, 4.69) is 19.6 Å². The largest absolute Gasteiger partial charge is 0.338 e. The summed E-state index contributed by atoms with van der Waals surface area (Å²) in [5, 5.41) is 6.92. The van der Waals surface area contributed by atoms with Gasteiger partial charge in [0.15, 0.2) is 0 Å². The fourth-order valence-corrected chi connectivity index (χ4v) is 4.64. The molecular weight excluding hydrogens is 380 g/mol. The number of rotatable bonds is 4. The number of carbonyl (C=O) groups excluding carboxylic acids is 1.